The number of hydrogen-bond donors (Lipinski definition) is 2. The third-order valence-corrected chi connectivity index (χ3v) is 6.49. The minimum atomic E-state index is -4.09. The van der Waals surface area contributed by atoms with Crippen molar-refractivity contribution in [3.63, 3.8) is 0 Å². The molecule has 3 N–H and O–H groups in total. The normalized spacial score (nSPS) is 11.1. The van der Waals surface area contributed by atoms with Crippen molar-refractivity contribution in [1.29, 1.82) is 0 Å². The number of nitrogens with zero attached hydrogens (tertiary/aromatic N) is 2. The third kappa shape index (κ3) is 7.06. The minimum absolute atomic E-state index is 0.0336. The van der Waals surface area contributed by atoms with E-state index >= 15 is 0 Å². The van der Waals surface area contributed by atoms with Gasteiger partial charge in [-0.25, -0.2) is 13.8 Å². The molecule has 3 aromatic rings. The van der Waals surface area contributed by atoms with Crippen molar-refractivity contribution >= 4 is 33.7 Å². The summed E-state index contributed by atoms with van der Waals surface area (Å²) in [6.45, 7) is 1.33. The van der Waals surface area contributed by atoms with Gasteiger partial charge >= 0.3 is 0 Å². The van der Waals surface area contributed by atoms with Crippen LogP contribution in [0.15, 0.2) is 88.9 Å². The molecule has 0 bridgehead atoms. The second kappa shape index (κ2) is 12.4. The Morgan fingerprint density at radius 3 is 2.31 bits per heavy atom. The molecular formula is C25H26N4O6S. The summed E-state index contributed by atoms with van der Waals surface area (Å²) < 4.78 is 38.7. The van der Waals surface area contributed by atoms with Crippen LogP contribution in [0.4, 0.5) is 5.69 Å². The molecule has 0 heterocycles. The summed E-state index contributed by atoms with van der Waals surface area (Å²) >= 11 is 0. The summed E-state index contributed by atoms with van der Waals surface area (Å²) in [6.07, 6.45) is 1.39. The third-order valence-electron chi connectivity index (χ3n) is 4.72. The fourth-order valence-corrected chi connectivity index (χ4v) is 4.56. The molecule has 10 nitrogen and oxygen atoms in total. The molecule has 2 amide bonds. The van der Waals surface area contributed by atoms with Gasteiger partial charge in [-0.05, 0) is 61.0 Å². The molecule has 0 aliphatic heterocycles. The van der Waals surface area contributed by atoms with E-state index in [1.54, 1.807) is 73.7 Å². The van der Waals surface area contributed by atoms with Crippen LogP contribution in [0.5, 0.6) is 11.5 Å². The molecule has 11 heteroatoms. The van der Waals surface area contributed by atoms with Gasteiger partial charge in [-0.2, -0.15) is 5.10 Å². The Morgan fingerprint density at radius 2 is 1.64 bits per heavy atom. The number of anilines is 1. The second-order valence-electron chi connectivity index (χ2n) is 7.34. The molecule has 0 aliphatic carbocycles. The molecule has 0 saturated heterocycles. The van der Waals surface area contributed by atoms with E-state index in [0.29, 0.717) is 23.7 Å². The number of ether oxygens (including phenoxy) is 2. The number of hydrazone groups is 1. The standard InChI is InChI=1S/C25H26N4O6S/c1-2-34-23-11-7-6-10-22(23)29(36(32,33)21-8-4-3-5-9-21)17-25(31)28-27-16-19-12-14-20(15-13-19)35-18-24(26)30/h3-16H,2,17-18H2,1H3,(H2,26,30)(H,28,31)/b27-16-. The highest BCUT2D eigenvalue weighted by atomic mass is 32.2. The highest BCUT2D eigenvalue weighted by Crippen LogP contribution is 2.32. The summed E-state index contributed by atoms with van der Waals surface area (Å²) in [6, 6.07) is 21.0. The average molecular weight is 511 g/mol. The first kappa shape index (κ1) is 26.2. The summed E-state index contributed by atoms with van der Waals surface area (Å²) in [5.41, 5.74) is 8.26. The van der Waals surface area contributed by atoms with Gasteiger partial charge in [-0.3, -0.25) is 13.9 Å². The number of nitrogens with one attached hydrogen (secondary N) is 1. The van der Waals surface area contributed by atoms with Gasteiger partial charge in [0.2, 0.25) is 0 Å². The largest absolute Gasteiger partial charge is 0.492 e. The zero-order valence-corrected chi connectivity index (χ0v) is 20.4. The van der Waals surface area contributed by atoms with E-state index in [1.807, 2.05) is 0 Å². The number of benzene rings is 3. The Bertz CT molecular complexity index is 1310. The van der Waals surface area contributed by atoms with Gasteiger partial charge < -0.3 is 15.2 Å². The molecule has 0 radical (unpaired) electrons. The molecule has 36 heavy (non-hydrogen) atoms. The van der Waals surface area contributed by atoms with Crippen LogP contribution in [-0.4, -0.2) is 46.2 Å². The monoisotopic (exact) mass is 510 g/mol. The van der Waals surface area contributed by atoms with Crippen molar-refractivity contribution < 1.29 is 27.5 Å². The van der Waals surface area contributed by atoms with Gasteiger partial charge in [0.25, 0.3) is 21.8 Å². The molecule has 0 aromatic heterocycles. The van der Waals surface area contributed by atoms with E-state index < -0.39 is 28.4 Å². The zero-order valence-electron chi connectivity index (χ0n) is 19.5. The minimum Gasteiger partial charge on any atom is -0.492 e. The Kier molecular flexibility index (Phi) is 9.01. The van der Waals surface area contributed by atoms with Crippen LogP contribution in [0.3, 0.4) is 0 Å². The summed E-state index contributed by atoms with van der Waals surface area (Å²) in [7, 11) is -4.09. The maximum Gasteiger partial charge on any atom is 0.264 e. The highest BCUT2D eigenvalue weighted by molar-refractivity contribution is 7.92. The van der Waals surface area contributed by atoms with E-state index in [0.717, 1.165) is 4.31 Å². The summed E-state index contributed by atoms with van der Waals surface area (Å²) in [4.78, 5) is 23.6. The van der Waals surface area contributed by atoms with Crippen LogP contribution >= 0.6 is 0 Å². The van der Waals surface area contributed by atoms with Gasteiger partial charge in [0, 0.05) is 0 Å². The Hall–Kier alpha value is -4.38. The second-order valence-corrected chi connectivity index (χ2v) is 9.20. The smallest absolute Gasteiger partial charge is 0.264 e. The van der Waals surface area contributed by atoms with Gasteiger partial charge in [-0.15, -0.1) is 0 Å². The number of hydrogen-bond acceptors (Lipinski definition) is 7. The van der Waals surface area contributed by atoms with Crippen LogP contribution in [-0.2, 0) is 19.6 Å². The first-order chi connectivity index (χ1) is 17.3. The molecule has 0 aliphatic rings. The lowest BCUT2D eigenvalue weighted by molar-refractivity contribution is -0.120. The van der Waals surface area contributed by atoms with Crippen LogP contribution in [0, 0.1) is 0 Å². The molecule has 0 unspecified atom stereocenters. The molecule has 3 rings (SSSR count). The lowest BCUT2D eigenvalue weighted by atomic mass is 10.2. The number of amides is 2. The topological polar surface area (TPSA) is 140 Å². The first-order valence-corrected chi connectivity index (χ1v) is 12.4. The maximum absolute atomic E-state index is 13.5. The van der Waals surface area contributed by atoms with Gasteiger partial charge in [0.15, 0.2) is 6.61 Å². The summed E-state index contributed by atoms with van der Waals surface area (Å²) in [5, 5.41) is 3.91. The van der Waals surface area contributed by atoms with Crippen LogP contribution in [0.2, 0.25) is 0 Å². The molecule has 3 aromatic carbocycles. The van der Waals surface area contributed by atoms with Gasteiger partial charge in [0.1, 0.15) is 18.0 Å². The fraction of sp³-hybridized carbons (Fsp3) is 0.160. The van der Waals surface area contributed by atoms with Crippen molar-refractivity contribution in [2.75, 3.05) is 24.1 Å². The molecule has 188 valence electrons. The van der Waals surface area contributed by atoms with Crippen molar-refractivity contribution in [3.05, 3.63) is 84.4 Å². The predicted octanol–water partition coefficient (Wildman–Crippen LogP) is 2.29. The Labute approximate surface area is 209 Å². The van der Waals surface area contributed by atoms with Gasteiger partial charge in [-0.1, -0.05) is 30.3 Å². The number of primary amides is 1. The van der Waals surface area contributed by atoms with Crippen molar-refractivity contribution in [3.8, 4) is 11.5 Å². The van der Waals surface area contributed by atoms with E-state index in [4.69, 9.17) is 15.2 Å². The van der Waals surface area contributed by atoms with E-state index in [2.05, 4.69) is 10.5 Å². The average Bonchev–Trinajstić information content (AvgIpc) is 2.88. The molecular weight excluding hydrogens is 484 g/mol. The first-order valence-electron chi connectivity index (χ1n) is 10.9. The van der Waals surface area contributed by atoms with Gasteiger partial charge in [0.05, 0.1) is 23.4 Å². The number of sulfonamides is 1. The molecule has 0 spiro atoms. The Balaban J connectivity index is 1.77. The maximum atomic E-state index is 13.5. The SMILES string of the molecule is CCOc1ccccc1N(CC(=O)N/N=C\c1ccc(OCC(N)=O)cc1)S(=O)(=O)c1ccccc1. The lowest BCUT2D eigenvalue weighted by Crippen LogP contribution is -2.39. The number of para-hydroxylation sites is 2. The number of nitrogens with two attached hydrogens (primary N) is 1. The Morgan fingerprint density at radius 1 is 0.972 bits per heavy atom. The van der Waals surface area contributed by atoms with E-state index in [1.165, 1.54) is 18.3 Å². The quantitative estimate of drug-likeness (QED) is 0.283. The fourth-order valence-electron chi connectivity index (χ4n) is 3.11. The molecule has 0 fully saturated rings. The van der Waals surface area contributed by atoms with Crippen LogP contribution in [0.25, 0.3) is 0 Å². The highest BCUT2D eigenvalue weighted by Gasteiger charge is 2.29. The lowest BCUT2D eigenvalue weighted by Gasteiger charge is -2.25. The van der Waals surface area contributed by atoms with Crippen molar-refractivity contribution in [1.82, 2.24) is 5.43 Å². The van der Waals surface area contributed by atoms with Crippen molar-refractivity contribution in [2.24, 2.45) is 10.8 Å². The predicted molar refractivity (Wildman–Crippen MR) is 135 cm³/mol. The molecule has 0 atom stereocenters. The van der Waals surface area contributed by atoms with E-state index in [-0.39, 0.29) is 17.2 Å². The van der Waals surface area contributed by atoms with E-state index in [9.17, 15) is 18.0 Å². The number of rotatable bonds is 12. The van der Waals surface area contributed by atoms with Crippen LogP contribution < -0.4 is 24.9 Å². The van der Waals surface area contributed by atoms with Crippen molar-refractivity contribution in [2.45, 2.75) is 11.8 Å². The summed E-state index contributed by atoms with van der Waals surface area (Å²) in [5.74, 6) is -0.465. The number of carbonyl (C=O) groups is 2. The zero-order chi connectivity index (χ0) is 26.0. The molecule has 0 saturated carbocycles. The number of carbonyl (C=O) groups excluding carboxylic acids is 2. The van der Waals surface area contributed by atoms with Crippen LogP contribution in [0.1, 0.15) is 12.5 Å².